The van der Waals surface area contributed by atoms with Crippen LogP contribution in [0.5, 0.6) is 0 Å². The molecule has 21 heavy (non-hydrogen) atoms. The zero-order valence-corrected chi connectivity index (χ0v) is 12.0. The number of aromatic nitrogens is 3. The van der Waals surface area contributed by atoms with Crippen molar-refractivity contribution in [1.82, 2.24) is 20.0 Å². The molecule has 1 aliphatic rings. The zero-order chi connectivity index (χ0) is 14.8. The Morgan fingerprint density at radius 3 is 3.00 bits per heavy atom. The molecule has 0 bridgehead atoms. The quantitative estimate of drug-likeness (QED) is 0.817. The van der Waals surface area contributed by atoms with E-state index in [-0.39, 0.29) is 6.04 Å². The standard InChI is InChI=1S/C14H16N6O/c1-10-17-14(21-18-10)12-9-20(7-6-19(12)2)13-11(8-15)4-3-5-16-13/h3-5,12H,6-7,9H2,1-2H3/t12-/m1/s1. The predicted octanol–water partition coefficient (Wildman–Crippen LogP) is 1.14. The van der Waals surface area contributed by atoms with E-state index in [9.17, 15) is 5.26 Å². The second kappa shape index (κ2) is 5.50. The fourth-order valence-electron chi connectivity index (χ4n) is 2.52. The summed E-state index contributed by atoms with van der Waals surface area (Å²) in [6.07, 6.45) is 1.71. The number of hydrogen-bond acceptors (Lipinski definition) is 7. The second-order valence-corrected chi connectivity index (χ2v) is 5.11. The fourth-order valence-corrected chi connectivity index (χ4v) is 2.52. The van der Waals surface area contributed by atoms with E-state index in [2.05, 4.69) is 31.0 Å². The largest absolute Gasteiger partial charge is 0.352 e. The van der Waals surface area contributed by atoms with E-state index < -0.39 is 0 Å². The molecule has 2 aromatic heterocycles. The first-order valence-corrected chi connectivity index (χ1v) is 6.79. The summed E-state index contributed by atoms with van der Waals surface area (Å²) in [4.78, 5) is 13.0. The summed E-state index contributed by atoms with van der Waals surface area (Å²) in [6, 6.07) is 5.76. The van der Waals surface area contributed by atoms with E-state index >= 15 is 0 Å². The summed E-state index contributed by atoms with van der Waals surface area (Å²) in [5, 5.41) is 13.1. The van der Waals surface area contributed by atoms with Gasteiger partial charge in [0.1, 0.15) is 17.9 Å². The van der Waals surface area contributed by atoms with Crippen molar-refractivity contribution in [3.8, 4) is 6.07 Å². The molecule has 7 nitrogen and oxygen atoms in total. The smallest absolute Gasteiger partial charge is 0.245 e. The van der Waals surface area contributed by atoms with Crippen LogP contribution in [0, 0.1) is 18.3 Å². The van der Waals surface area contributed by atoms with Gasteiger partial charge in [-0.1, -0.05) is 5.16 Å². The maximum Gasteiger partial charge on any atom is 0.245 e. The molecule has 1 aliphatic heterocycles. The Hall–Kier alpha value is -2.46. The summed E-state index contributed by atoms with van der Waals surface area (Å²) in [5.74, 6) is 1.95. The van der Waals surface area contributed by atoms with Crippen LogP contribution in [0.15, 0.2) is 22.9 Å². The topological polar surface area (TPSA) is 82.1 Å². The van der Waals surface area contributed by atoms with Crippen molar-refractivity contribution in [3.63, 3.8) is 0 Å². The highest BCUT2D eigenvalue weighted by molar-refractivity contribution is 5.53. The summed E-state index contributed by atoms with van der Waals surface area (Å²) in [6.45, 7) is 4.13. The number of likely N-dealkylation sites (N-methyl/N-ethyl adjacent to an activating group) is 1. The molecule has 2 aromatic rings. The van der Waals surface area contributed by atoms with Crippen LogP contribution >= 0.6 is 0 Å². The molecule has 108 valence electrons. The molecule has 0 amide bonds. The second-order valence-electron chi connectivity index (χ2n) is 5.11. The lowest BCUT2D eigenvalue weighted by atomic mass is 10.1. The van der Waals surface area contributed by atoms with Gasteiger partial charge in [-0.2, -0.15) is 10.2 Å². The van der Waals surface area contributed by atoms with Gasteiger partial charge >= 0.3 is 0 Å². The highest BCUT2D eigenvalue weighted by Crippen LogP contribution is 2.27. The molecule has 0 unspecified atom stereocenters. The number of hydrogen-bond donors (Lipinski definition) is 0. The van der Waals surface area contributed by atoms with Crippen molar-refractivity contribution in [2.75, 3.05) is 31.6 Å². The maximum absolute atomic E-state index is 9.22. The van der Waals surface area contributed by atoms with Gasteiger partial charge < -0.3 is 9.42 Å². The normalized spacial score (nSPS) is 19.5. The number of aryl methyl sites for hydroxylation is 1. The van der Waals surface area contributed by atoms with Gasteiger partial charge in [-0.05, 0) is 26.1 Å². The van der Waals surface area contributed by atoms with E-state index in [0.29, 0.717) is 29.6 Å². The Morgan fingerprint density at radius 2 is 2.29 bits per heavy atom. The van der Waals surface area contributed by atoms with Crippen LogP contribution in [0.1, 0.15) is 23.3 Å². The number of anilines is 1. The Kier molecular flexibility index (Phi) is 3.54. The van der Waals surface area contributed by atoms with Crippen LogP contribution in [0.3, 0.4) is 0 Å². The van der Waals surface area contributed by atoms with Gasteiger partial charge in [0.2, 0.25) is 5.89 Å². The van der Waals surface area contributed by atoms with Crippen LogP contribution in [-0.2, 0) is 0 Å². The van der Waals surface area contributed by atoms with Gasteiger partial charge in [-0.3, -0.25) is 4.90 Å². The minimum absolute atomic E-state index is 0.00787. The molecule has 1 fully saturated rings. The lowest BCUT2D eigenvalue weighted by Crippen LogP contribution is -2.47. The van der Waals surface area contributed by atoms with Crippen molar-refractivity contribution < 1.29 is 4.52 Å². The maximum atomic E-state index is 9.22. The molecule has 0 aromatic carbocycles. The molecule has 0 N–H and O–H groups in total. The van der Waals surface area contributed by atoms with Crippen molar-refractivity contribution >= 4 is 5.82 Å². The zero-order valence-electron chi connectivity index (χ0n) is 12.0. The van der Waals surface area contributed by atoms with Crippen molar-refractivity contribution in [1.29, 1.82) is 5.26 Å². The fraction of sp³-hybridized carbons (Fsp3) is 0.429. The number of nitriles is 1. The summed E-state index contributed by atoms with van der Waals surface area (Å²) in [5.41, 5.74) is 0.586. The van der Waals surface area contributed by atoms with E-state index in [4.69, 9.17) is 4.52 Å². The Morgan fingerprint density at radius 1 is 1.43 bits per heavy atom. The molecule has 1 atom stereocenters. The lowest BCUT2D eigenvalue weighted by molar-refractivity contribution is 0.177. The molecule has 0 saturated carbocycles. The molecule has 1 saturated heterocycles. The molecule has 3 heterocycles. The van der Waals surface area contributed by atoms with Crippen molar-refractivity contribution in [3.05, 3.63) is 35.6 Å². The number of rotatable bonds is 2. The summed E-state index contributed by atoms with van der Waals surface area (Å²) >= 11 is 0. The third kappa shape index (κ3) is 2.58. The molecule has 7 heteroatoms. The SMILES string of the molecule is Cc1noc([C@H]2CN(c3ncccc3C#N)CCN2C)n1. The average Bonchev–Trinajstić information content (AvgIpc) is 2.94. The lowest BCUT2D eigenvalue weighted by Gasteiger charge is -2.38. The molecule has 0 radical (unpaired) electrons. The molecular weight excluding hydrogens is 268 g/mol. The van der Waals surface area contributed by atoms with Crippen LogP contribution in [-0.4, -0.2) is 46.7 Å². The monoisotopic (exact) mass is 284 g/mol. The van der Waals surface area contributed by atoms with E-state index in [1.165, 1.54) is 0 Å². The van der Waals surface area contributed by atoms with E-state index in [1.54, 1.807) is 25.3 Å². The summed E-state index contributed by atoms with van der Waals surface area (Å²) < 4.78 is 5.30. The highest BCUT2D eigenvalue weighted by atomic mass is 16.5. The minimum Gasteiger partial charge on any atom is -0.352 e. The van der Waals surface area contributed by atoms with Gasteiger partial charge in [0.05, 0.1) is 5.56 Å². The Labute approximate surface area is 122 Å². The molecular formula is C14H16N6O. The van der Waals surface area contributed by atoms with Crippen LogP contribution in [0.25, 0.3) is 0 Å². The summed E-state index contributed by atoms with van der Waals surface area (Å²) in [7, 11) is 2.03. The van der Waals surface area contributed by atoms with E-state index in [0.717, 1.165) is 13.1 Å². The first-order valence-electron chi connectivity index (χ1n) is 6.79. The third-order valence-corrected chi connectivity index (χ3v) is 3.68. The van der Waals surface area contributed by atoms with Gasteiger partial charge in [-0.25, -0.2) is 4.98 Å². The minimum atomic E-state index is 0.00787. The number of nitrogens with zero attached hydrogens (tertiary/aromatic N) is 6. The van der Waals surface area contributed by atoms with Gasteiger partial charge in [0.15, 0.2) is 5.82 Å². The van der Waals surface area contributed by atoms with E-state index in [1.807, 2.05) is 7.05 Å². The first-order chi connectivity index (χ1) is 10.2. The van der Waals surface area contributed by atoms with Crippen LogP contribution < -0.4 is 4.90 Å². The van der Waals surface area contributed by atoms with Gasteiger partial charge in [0.25, 0.3) is 0 Å². The number of piperazine rings is 1. The van der Waals surface area contributed by atoms with Crippen molar-refractivity contribution in [2.24, 2.45) is 0 Å². The predicted molar refractivity (Wildman–Crippen MR) is 75.6 cm³/mol. The Bertz CT molecular complexity index is 676. The van der Waals surface area contributed by atoms with Crippen molar-refractivity contribution in [2.45, 2.75) is 13.0 Å². The van der Waals surface area contributed by atoms with Gasteiger partial charge in [-0.15, -0.1) is 0 Å². The Balaban J connectivity index is 1.88. The third-order valence-electron chi connectivity index (χ3n) is 3.68. The molecule has 3 rings (SSSR count). The van der Waals surface area contributed by atoms with Crippen LogP contribution in [0.4, 0.5) is 5.82 Å². The molecule has 0 aliphatic carbocycles. The highest BCUT2D eigenvalue weighted by Gasteiger charge is 2.31. The molecule has 0 spiro atoms. The average molecular weight is 284 g/mol. The first kappa shape index (κ1) is 13.5. The van der Waals surface area contributed by atoms with Gasteiger partial charge in [0, 0.05) is 25.8 Å². The van der Waals surface area contributed by atoms with Crippen LogP contribution in [0.2, 0.25) is 0 Å². The number of pyridine rings is 1.